The van der Waals surface area contributed by atoms with Gasteiger partial charge in [-0.05, 0) is 56.2 Å². The summed E-state index contributed by atoms with van der Waals surface area (Å²) in [4.78, 5) is 25.7. The van der Waals surface area contributed by atoms with Crippen LogP contribution in [-0.4, -0.2) is 38.7 Å². The number of benzene rings is 3. The second-order valence-corrected chi connectivity index (χ2v) is 9.17. The zero-order valence-electron chi connectivity index (χ0n) is 24.3. The first kappa shape index (κ1) is 31.1. The molecule has 0 saturated heterocycles. The normalized spacial score (nSPS) is 10.7. The molecule has 0 heterocycles. The molecule has 218 valence electrons. The number of hydrogen-bond donors (Lipinski definition) is 2. The van der Waals surface area contributed by atoms with Crippen LogP contribution in [0.15, 0.2) is 66.7 Å². The van der Waals surface area contributed by atoms with Crippen molar-refractivity contribution >= 4 is 29.3 Å². The molecule has 0 aromatic heterocycles. The topological polar surface area (TPSA) is 95.1 Å². The summed E-state index contributed by atoms with van der Waals surface area (Å²) < 4.78 is 22.9. The average Bonchev–Trinajstić information content (AvgIpc) is 2.99. The maximum atomic E-state index is 12.9. The standard InChI is InChI=1S/C33H40N2O6/c1-5-8-9-13-20-41-28-18-16-24(21-31(28)38-4)17-19-32(36)34-26-22-30(40-7-3)27(23-29(26)39-6-2)35-33(37)25-14-11-10-12-15-25/h10-12,14-19,21-23H,5-9,13,20H2,1-4H3,(H,34,36)(H,35,37)/b19-17+. The monoisotopic (exact) mass is 560 g/mol. The molecule has 2 N–H and O–H groups in total. The van der Waals surface area contributed by atoms with Crippen molar-refractivity contribution in [3.63, 3.8) is 0 Å². The minimum absolute atomic E-state index is 0.280. The van der Waals surface area contributed by atoms with E-state index in [4.69, 9.17) is 18.9 Å². The second-order valence-electron chi connectivity index (χ2n) is 9.17. The van der Waals surface area contributed by atoms with Gasteiger partial charge in [-0.3, -0.25) is 9.59 Å². The fourth-order valence-corrected chi connectivity index (χ4v) is 4.05. The van der Waals surface area contributed by atoms with Gasteiger partial charge in [0.1, 0.15) is 11.5 Å². The number of amides is 2. The SMILES string of the molecule is CCCCCCOc1ccc(/C=C/C(=O)Nc2cc(OCC)c(NC(=O)c3ccccc3)cc2OCC)cc1OC. The quantitative estimate of drug-likeness (QED) is 0.140. The molecule has 0 spiro atoms. The lowest BCUT2D eigenvalue weighted by molar-refractivity contribution is -0.111. The average molecular weight is 561 g/mol. The first-order valence-corrected chi connectivity index (χ1v) is 14.1. The van der Waals surface area contributed by atoms with Gasteiger partial charge in [-0.2, -0.15) is 0 Å². The van der Waals surface area contributed by atoms with Crippen LogP contribution in [0.4, 0.5) is 11.4 Å². The third-order valence-electron chi connectivity index (χ3n) is 6.09. The third kappa shape index (κ3) is 9.60. The van der Waals surface area contributed by atoms with Gasteiger partial charge >= 0.3 is 0 Å². The second kappa shape index (κ2) is 16.6. The molecule has 0 aliphatic heterocycles. The highest BCUT2D eigenvalue weighted by atomic mass is 16.5. The number of methoxy groups -OCH3 is 1. The van der Waals surface area contributed by atoms with Gasteiger partial charge in [0.25, 0.3) is 5.91 Å². The molecule has 41 heavy (non-hydrogen) atoms. The fourth-order valence-electron chi connectivity index (χ4n) is 4.05. The lowest BCUT2D eigenvalue weighted by atomic mass is 10.1. The van der Waals surface area contributed by atoms with Crippen molar-refractivity contribution in [3.8, 4) is 23.0 Å². The van der Waals surface area contributed by atoms with E-state index in [1.807, 2.05) is 38.1 Å². The number of carbonyl (C=O) groups is 2. The summed E-state index contributed by atoms with van der Waals surface area (Å²) in [5.74, 6) is 1.46. The van der Waals surface area contributed by atoms with Crippen LogP contribution in [0, 0.1) is 0 Å². The molecule has 0 saturated carbocycles. The van der Waals surface area contributed by atoms with Crippen LogP contribution in [0.2, 0.25) is 0 Å². The lowest BCUT2D eigenvalue weighted by Gasteiger charge is -2.17. The first-order chi connectivity index (χ1) is 20.0. The van der Waals surface area contributed by atoms with Crippen LogP contribution in [0.5, 0.6) is 23.0 Å². The van der Waals surface area contributed by atoms with Crippen LogP contribution in [0.3, 0.4) is 0 Å². The zero-order valence-corrected chi connectivity index (χ0v) is 24.3. The van der Waals surface area contributed by atoms with Gasteiger partial charge in [0.15, 0.2) is 11.5 Å². The van der Waals surface area contributed by atoms with Crippen LogP contribution < -0.4 is 29.6 Å². The van der Waals surface area contributed by atoms with Crippen molar-refractivity contribution < 1.29 is 28.5 Å². The van der Waals surface area contributed by atoms with Gasteiger partial charge < -0.3 is 29.6 Å². The summed E-state index contributed by atoms with van der Waals surface area (Å²) in [7, 11) is 1.59. The van der Waals surface area contributed by atoms with Crippen molar-refractivity contribution in [2.45, 2.75) is 46.5 Å². The minimum atomic E-state index is -0.357. The number of anilines is 2. The van der Waals surface area contributed by atoms with Crippen LogP contribution >= 0.6 is 0 Å². The molecule has 8 heteroatoms. The molecule has 8 nitrogen and oxygen atoms in total. The third-order valence-corrected chi connectivity index (χ3v) is 6.09. The van der Waals surface area contributed by atoms with E-state index in [9.17, 15) is 9.59 Å². The van der Waals surface area contributed by atoms with Gasteiger partial charge in [0, 0.05) is 23.8 Å². The molecule has 0 bridgehead atoms. The molecule has 0 atom stereocenters. The van der Waals surface area contributed by atoms with E-state index in [0.717, 1.165) is 18.4 Å². The Hall–Kier alpha value is -4.46. The van der Waals surface area contributed by atoms with Gasteiger partial charge in [-0.25, -0.2) is 0 Å². The van der Waals surface area contributed by atoms with Crippen molar-refractivity contribution in [2.24, 2.45) is 0 Å². The summed E-state index contributed by atoms with van der Waals surface area (Å²) >= 11 is 0. The van der Waals surface area contributed by atoms with E-state index in [2.05, 4.69) is 17.6 Å². The summed E-state index contributed by atoms with van der Waals surface area (Å²) in [6.45, 7) is 7.24. The van der Waals surface area contributed by atoms with E-state index in [1.54, 1.807) is 49.6 Å². The van der Waals surface area contributed by atoms with Gasteiger partial charge in [0.05, 0.1) is 38.3 Å². The highest BCUT2D eigenvalue weighted by molar-refractivity contribution is 6.06. The van der Waals surface area contributed by atoms with E-state index in [1.165, 1.54) is 18.9 Å². The molecular weight excluding hydrogens is 520 g/mol. The number of ether oxygens (including phenoxy) is 4. The molecule has 3 aromatic rings. The largest absolute Gasteiger partial charge is 0.493 e. The van der Waals surface area contributed by atoms with E-state index >= 15 is 0 Å². The lowest BCUT2D eigenvalue weighted by Crippen LogP contribution is -2.14. The Morgan fingerprint density at radius 2 is 1.41 bits per heavy atom. The molecular formula is C33H40N2O6. The molecule has 3 rings (SSSR count). The van der Waals surface area contributed by atoms with Crippen LogP contribution in [-0.2, 0) is 4.79 Å². The van der Waals surface area contributed by atoms with Crippen molar-refractivity contribution in [1.82, 2.24) is 0 Å². The van der Waals surface area contributed by atoms with Gasteiger partial charge in [-0.1, -0.05) is 50.5 Å². The van der Waals surface area contributed by atoms with Crippen molar-refractivity contribution in [1.29, 1.82) is 0 Å². The van der Waals surface area contributed by atoms with Crippen molar-refractivity contribution in [2.75, 3.05) is 37.6 Å². The maximum Gasteiger partial charge on any atom is 0.255 e. The van der Waals surface area contributed by atoms with Crippen LogP contribution in [0.25, 0.3) is 6.08 Å². The molecule has 0 aliphatic rings. The molecule has 0 fully saturated rings. The predicted octanol–water partition coefficient (Wildman–Crippen LogP) is 7.36. The summed E-state index contributed by atoms with van der Waals surface area (Å²) in [6, 6.07) is 17.7. The maximum absolute atomic E-state index is 12.9. The van der Waals surface area contributed by atoms with E-state index in [-0.39, 0.29) is 11.8 Å². The zero-order chi connectivity index (χ0) is 29.5. The fraction of sp³-hybridized carbons (Fsp3) is 0.333. The number of hydrogen-bond acceptors (Lipinski definition) is 6. The highest BCUT2D eigenvalue weighted by Crippen LogP contribution is 2.37. The Labute approximate surface area is 242 Å². The molecule has 0 unspecified atom stereocenters. The van der Waals surface area contributed by atoms with Crippen LogP contribution in [0.1, 0.15) is 62.4 Å². The predicted molar refractivity (Wildman–Crippen MR) is 163 cm³/mol. The number of unbranched alkanes of at least 4 members (excludes halogenated alkanes) is 3. The summed E-state index contributed by atoms with van der Waals surface area (Å²) in [5, 5.41) is 5.74. The Bertz CT molecular complexity index is 1310. The highest BCUT2D eigenvalue weighted by Gasteiger charge is 2.16. The summed E-state index contributed by atoms with van der Waals surface area (Å²) in [6.07, 6.45) is 7.63. The Kier molecular flexibility index (Phi) is 12.6. The number of carbonyl (C=O) groups excluding carboxylic acids is 2. The van der Waals surface area contributed by atoms with E-state index in [0.29, 0.717) is 59.8 Å². The van der Waals surface area contributed by atoms with Crippen molar-refractivity contribution in [3.05, 3.63) is 77.9 Å². The van der Waals surface area contributed by atoms with Gasteiger partial charge in [0.2, 0.25) is 5.91 Å². The van der Waals surface area contributed by atoms with Gasteiger partial charge in [-0.15, -0.1) is 0 Å². The molecule has 3 aromatic carbocycles. The number of rotatable bonds is 16. The first-order valence-electron chi connectivity index (χ1n) is 14.1. The Morgan fingerprint density at radius 3 is 2.05 bits per heavy atom. The smallest absolute Gasteiger partial charge is 0.255 e. The number of nitrogens with one attached hydrogen (secondary N) is 2. The molecule has 2 amide bonds. The summed E-state index contributed by atoms with van der Waals surface area (Å²) in [5.41, 5.74) is 2.16. The van der Waals surface area contributed by atoms with E-state index < -0.39 is 0 Å². The Balaban J connectivity index is 1.74. The Morgan fingerprint density at radius 1 is 0.732 bits per heavy atom. The molecule has 0 aliphatic carbocycles. The molecule has 0 radical (unpaired) electrons. The minimum Gasteiger partial charge on any atom is -0.493 e.